The number of fused-ring (bicyclic) bond motifs is 5. The van der Waals surface area contributed by atoms with Crippen LogP contribution >= 0.6 is 0 Å². The molecule has 0 aromatic heterocycles. The molecule has 4 fully saturated rings. The highest BCUT2D eigenvalue weighted by Gasteiger charge is 2.57. The molecule has 5 aliphatic rings. The first-order valence-electron chi connectivity index (χ1n) is 15.5. The van der Waals surface area contributed by atoms with E-state index in [2.05, 4.69) is 53.7 Å². The average molecular weight is 499 g/mol. The third-order valence-corrected chi connectivity index (χ3v) is 12.1. The van der Waals surface area contributed by atoms with Crippen molar-refractivity contribution in [1.29, 1.82) is 0 Å². The van der Waals surface area contributed by atoms with Crippen LogP contribution in [0.25, 0.3) is 0 Å². The van der Waals surface area contributed by atoms with Crippen molar-refractivity contribution in [2.24, 2.45) is 46.3 Å². The van der Waals surface area contributed by atoms with Gasteiger partial charge in [0.05, 0.1) is 12.2 Å². The second-order valence-corrected chi connectivity index (χ2v) is 14.3. The number of ether oxygens (including phenoxy) is 2. The van der Waals surface area contributed by atoms with E-state index in [4.69, 9.17) is 9.47 Å². The Labute approximate surface area is 221 Å². The minimum atomic E-state index is -0.173. The van der Waals surface area contributed by atoms with E-state index >= 15 is 0 Å². The predicted molar refractivity (Wildman–Crippen MR) is 147 cm³/mol. The van der Waals surface area contributed by atoms with Gasteiger partial charge in [-0.25, -0.2) is 0 Å². The summed E-state index contributed by atoms with van der Waals surface area (Å²) in [6.45, 7) is 15.3. The number of allylic oxidation sites excluding steroid dienone is 3. The van der Waals surface area contributed by atoms with Gasteiger partial charge in [0.15, 0.2) is 6.29 Å². The fraction of sp³-hybridized carbons (Fsp3) is 0.879. The van der Waals surface area contributed by atoms with Crippen molar-refractivity contribution in [3.8, 4) is 0 Å². The van der Waals surface area contributed by atoms with Crippen molar-refractivity contribution in [1.82, 2.24) is 0 Å². The molecule has 1 heterocycles. The minimum Gasteiger partial charge on any atom is -0.393 e. The molecule has 36 heavy (non-hydrogen) atoms. The van der Waals surface area contributed by atoms with E-state index in [0.717, 1.165) is 25.9 Å². The molecule has 3 heteroatoms. The van der Waals surface area contributed by atoms with E-state index in [1.165, 1.54) is 51.4 Å². The van der Waals surface area contributed by atoms with E-state index in [0.29, 0.717) is 52.4 Å². The summed E-state index contributed by atoms with van der Waals surface area (Å²) in [5, 5.41) is 11.2. The molecular formula is C33H54O3. The fourth-order valence-electron chi connectivity index (χ4n) is 9.16. The van der Waals surface area contributed by atoms with Crippen molar-refractivity contribution in [3.63, 3.8) is 0 Å². The molecule has 4 unspecified atom stereocenters. The highest BCUT2D eigenvalue weighted by Crippen LogP contribution is 2.66. The lowest BCUT2D eigenvalue weighted by molar-refractivity contribution is -0.193. The van der Waals surface area contributed by atoms with Gasteiger partial charge in [-0.15, -0.1) is 0 Å². The van der Waals surface area contributed by atoms with Crippen LogP contribution in [0.2, 0.25) is 0 Å². The second-order valence-electron chi connectivity index (χ2n) is 14.3. The van der Waals surface area contributed by atoms with Crippen LogP contribution in [0.3, 0.4) is 0 Å². The molecule has 204 valence electrons. The predicted octanol–water partition coefficient (Wildman–Crippen LogP) is 8.08. The Kier molecular flexibility index (Phi) is 7.86. The summed E-state index contributed by atoms with van der Waals surface area (Å²) in [6, 6.07) is 0. The largest absolute Gasteiger partial charge is 0.393 e. The van der Waals surface area contributed by atoms with Crippen molar-refractivity contribution in [3.05, 3.63) is 23.3 Å². The smallest absolute Gasteiger partial charge is 0.157 e. The van der Waals surface area contributed by atoms with Crippen LogP contribution in [0.5, 0.6) is 0 Å². The maximum absolute atomic E-state index is 11.2. The molecule has 0 amide bonds. The first-order valence-corrected chi connectivity index (χ1v) is 15.5. The average Bonchev–Trinajstić information content (AvgIpc) is 3.21. The van der Waals surface area contributed by atoms with Gasteiger partial charge >= 0.3 is 0 Å². The first-order chi connectivity index (χ1) is 17.1. The molecule has 0 spiro atoms. The third-order valence-electron chi connectivity index (χ3n) is 12.1. The SMILES string of the molecule is CC(C)C(C)CC(O)C(C)[C@H]1CC[C@H]2C3=CC=C4C[C@@H](OC5CCCCO5)CC[C@]4(C)[C@H]3CC[C@]12C. The summed E-state index contributed by atoms with van der Waals surface area (Å²) < 4.78 is 12.3. The van der Waals surface area contributed by atoms with Crippen LogP contribution in [-0.4, -0.2) is 30.2 Å². The van der Waals surface area contributed by atoms with Crippen LogP contribution in [-0.2, 0) is 9.47 Å². The second kappa shape index (κ2) is 10.5. The van der Waals surface area contributed by atoms with Gasteiger partial charge in [-0.05, 0) is 117 Å². The molecular weight excluding hydrogens is 444 g/mol. The van der Waals surface area contributed by atoms with Crippen LogP contribution in [0.1, 0.15) is 112 Å². The summed E-state index contributed by atoms with van der Waals surface area (Å²) >= 11 is 0. The van der Waals surface area contributed by atoms with Crippen molar-refractivity contribution in [2.75, 3.05) is 6.61 Å². The molecule has 0 aromatic carbocycles. The summed E-state index contributed by atoms with van der Waals surface area (Å²) in [5.41, 5.74) is 4.02. The number of hydrogen-bond donors (Lipinski definition) is 1. The Morgan fingerprint density at radius 1 is 0.972 bits per heavy atom. The van der Waals surface area contributed by atoms with E-state index in [-0.39, 0.29) is 12.4 Å². The van der Waals surface area contributed by atoms with Gasteiger partial charge in [-0.3, -0.25) is 0 Å². The minimum absolute atomic E-state index is 0.0232. The Morgan fingerprint density at radius 2 is 1.78 bits per heavy atom. The zero-order chi connectivity index (χ0) is 25.7. The fourth-order valence-corrected chi connectivity index (χ4v) is 9.16. The Bertz CT molecular complexity index is 838. The topological polar surface area (TPSA) is 38.7 Å². The zero-order valence-electron chi connectivity index (χ0n) is 24.1. The summed E-state index contributed by atoms with van der Waals surface area (Å²) in [7, 11) is 0. The van der Waals surface area contributed by atoms with Gasteiger partial charge in [0, 0.05) is 6.61 Å². The van der Waals surface area contributed by atoms with Crippen molar-refractivity contribution in [2.45, 2.75) is 131 Å². The van der Waals surface area contributed by atoms with Crippen LogP contribution in [0.4, 0.5) is 0 Å². The monoisotopic (exact) mass is 498 g/mol. The number of aliphatic hydroxyl groups excluding tert-OH is 1. The molecule has 1 N–H and O–H groups in total. The van der Waals surface area contributed by atoms with Gasteiger partial charge in [0.2, 0.25) is 0 Å². The van der Waals surface area contributed by atoms with Gasteiger partial charge < -0.3 is 14.6 Å². The van der Waals surface area contributed by atoms with E-state index < -0.39 is 0 Å². The summed E-state index contributed by atoms with van der Waals surface area (Å²) in [6.07, 6.45) is 18.4. The lowest BCUT2D eigenvalue weighted by Crippen LogP contribution is -2.47. The summed E-state index contributed by atoms with van der Waals surface area (Å²) in [5.74, 6) is 3.63. The Hall–Kier alpha value is -0.640. The normalized spacial score (nSPS) is 43.1. The van der Waals surface area contributed by atoms with Gasteiger partial charge in [-0.1, -0.05) is 64.8 Å². The molecule has 1 aliphatic heterocycles. The van der Waals surface area contributed by atoms with Crippen LogP contribution in [0, 0.1) is 46.3 Å². The third kappa shape index (κ3) is 4.79. The molecule has 4 aliphatic carbocycles. The maximum Gasteiger partial charge on any atom is 0.157 e. The molecule has 3 saturated carbocycles. The molecule has 5 rings (SSSR count). The van der Waals surface area contributed by atoms with Gasteiger partial charge in [0.25, 0.3) is 0 Å². The lowest BCUT2D eigenvalue weighted by Gasteiger charge is -2.55. The molecule has 0 aromatic rings. The highest BCUT2D eigenvalue weighted by atomic mass is 16.7. The van der Waals surface area contributed by atoms with E-state index in [9.17, 15) is 5.11 Å². The molecule has 3 nitrogen and oxygen atoms in total. The number of hydrogen-bond acceptors (Lipinski definition) is 3. The quantitative estimate of drug-likeness (QED) is 0.385. The van der Waals surface area contributed by atoms with Crippen molar-refractivity contribution < 1.29 is 14.6 Å². The lowest BCUT2D eigenvalue weighted by atomic mass is 9.50. The Balaban J connectivity index is 1.29. The maximum atomic E-state index is 11.2. The van der Waals surface area contributed by atoms with Crippen LogP contribution in [0.15, 0.2) is 23.3 Å². The van der Waals surface area contributed by atoms with Gasteiger partial charge in [-0.2, -0.15) is 0 Å². The highest BCUT2D eigenvalue weighted by molar-refractivity contribution is 5.39. The Morgan fingerprint density at radius 3 is 2.50 bits per heavy atom. The van der Waals surface area contributed by atoms with Gasteiger partial charge in [0.1, 0.15) is 0 Å². The molecule has 1 saturated heterocycles. The standard InChI is InChI=1S/C33H54O3/c1-21(2)22(3)19-30(34)23(4)27-12-13-28-26-11-10-24-20-25(36-31-9-7-8-18-35-31)14-16-32(24,5)29(26)15-17-33(27,28)6/h10-11,21-23,25,27-31,34H,7-9,12-20H2,1-6H3/t22?,23?,25-,27+,28-,29-,30?,31?,32-,33+/m0/s1. The van der Waals surface area contributed by atoms with E-state index in [1.807, 2.05) is 0 Å². The molecule has 0 bridgehead atoms. The number of rotatable bonds is 7. The summed E-state index contributed by atoms with van der Waals surface area (Å²) in [4.78, 5) is 0. The van der Waals surface area contributed by atoms with Crippen LogP contribution < -0.4 is 0 Å². The van der Waals surface area contributed by atoms with Crippen molar-refractivity contribution >= 4 is 0 Å². The zero-order valence-corrected chi connectivity index (χ0v) is 24.1. The van der Waals surface area contributed by atoms with E-state index in [1.54, 1.807) is 11.1 Å². The molecule has 10 atom stereocenters. The molecule has 0 radical (unpaired) electrons. The first kappa shape index (κ1) is 26.9. The number of aliphatic hydroxyl groups is 1.